The molecule has 1 aromatic rings. The lowest BCUT2D eigenvalue weighted by Gasteiger charge is -2.02. The Kier molecular flexibility index (Phi) is 5.96. The number of thioether (sulfide) groups is 1. The van der Waals surface area contributed by atoms with Crippen molar-refractivity contribution in [1.82, 2.24) is 0 Å². The van der Waals surface area contributed by atoms with E-state index in [0.717, 1.165) is 11.3 Å². The van der Waals surface area contributed by atoms with E-state index in [-0.39, 0.29) is 5.12 Å². The Morgan fingerprint density at radius 3 is 2.94 bits per heavy atom. The molecule has 0 unspecified atom stereocenters. The third-order valence-electron chi connectivity index (χ3n) is 1.92. The SMILES string of the molecule is COc1cc(Cl)ccc1C#CCCSC(C)=O. The van der Waals surface area contributed by atoms with Gasteiger partial charge in [-0.3, -0.25) is 4.79 Å². The first kappa shape index (κ1) is 14.0. The zero-order valence-corrected chi connectivity index (χ0v) is 11.3. The third-order valence-corrected chi connectivity index (χ3v) is 2.97. The Morgan fingerprint density at radius 1 is 1.53 bits per heavy atom. The van der Waals surface area contributed by atoms with Crippen molar-refractivity contribution in [2.45, 2.75) is 13.3 Å². The molecule has 0 bridgehead atoms. The Morgan fingerprint density at radius 2 is 2.29 bits per heavy atom. The molecular formula is C13H13ClO2S. The van der Waals surface area contributed by atoms with Gasteiger partial charge in [0.25, 0.3) is 0 Å². The van der Waals surface area contributed by atoms with E-state index in [1.807, 2.05) is 6.07 Å². The third kappa shape index (κ3) is 5.16. The van der Waals surface area contributed by atoms with E-state index in [1.165, 1.54) is 11.8 Å². The number of carbonyl (C=O) groups excluding carboxylic acids is 1. The lowest BCUT2D eigenvalue weighted by atomic mass is 10.2. The monoisotopic (exact) mass is 268 g/mol. The molecule has 0 aromatic heterocycles. The molecule has 0 saturated carbocycles. The fraction of sp³-hybridized carbons (Fsp3) is 0.308. The molecule has 17 heavy (non-hydrogen) atoms. The van der Waals surface area contributed by atoms with Gasteiger partial charge in [0, 0.05) is 30.2 Å². The average Bonchev–Trinajstić information content (AvgIpc) is 2.29. The second kappa shape index (κ2) is 7.26. The van der Waals surface area contributed by atoms with E-state index in [9.17, 15) is 4.79 Å². The van der Waals surface area contributed by atoms with Crippen LogP contribution in [0.4, 0.5) is 0 Å². The number of hydrogen-bond donors (Lipinski definition) is 0. The van der Waals surface area contributed by atoms with E-state index < -0.39 is 0 Å². The van der Waals surface area contributed by atoms with Crippen molar-refractivity contribution >= 4 is 28.5 Å². The number of carbonyl (C=O) groups is 1. The number of methoxy groups -OCH3 is 1. The average molecular weight is 269 g/mol. The number of halogens is 1. The van der Waals surface area contributed by atoms with Crippen molar-refractivity contribution in [1.29, 1.82) is 0 Å². The Labute approximate surface area is 111 Å². The van der Waals surface area contributed by atoms with Crippen LogP contribution in [0.1, 0.15) is 18.9 Å². The van der Waals surface area contributed by atoms with Crippen molar-refractivity contribution in [3.63, 3.8) is 0 Å². The maximum Gasteiger partial charge on any atom is 0.185 e. The maximum absolute atomic E-state index is 10.7. The topological polar surface area (TPSA) is 26.3 Å². The first-order valence-corrected chi connectivity index (χ1v) is 6.45. The molecule has 90 valence electrons. The highest BCUT2D eigenvalue weighted by Gasteiger charge is 2.00. The van der Waals surface area contributed by atoms with Gasteiger partial charge in [-0.2, -0.15) is 0 Å². The van der Waals surface area contributed by atoms with Crippen LogP contribution in [0.3, 0.4) is 0 Å². The first-order valence-electron chi connectivity index (χ1n) is 5.09. The highest BCUT2D eigenvalue weighted by molar-refractivity contribution is 8.13. The van der Waals surface area contributed by atoms with Gasteiger partial charge in [-0.25, -0.2) is 0 Å². The quantitative estimate of drug-likeness (QED) is 0.621. The van der Waals surface area contributed by atoms with Crippen molar-refractivity contribution in [3.8, 4) is 17.6 Å². The van der Waals surface area contributed by atoms with Gasteiger partial charge < -0.3 is 4.74 Å². The minimum Gasteiger partial charge on any atom is -0.495 e. The number of rotatable bonds is 3. The van der Waals surface area contributed by atoms with E-state index in [1.54, 1.807) is 26.2 Å². The first-order chi connectivity index (χ1) is 8.13. The van der Waals surface area contributed by atoms with Crippen molar-refractivity contribution in [2.24, 2.45) is 0 Å². The molecule has 0 heterocycles. The van der Waals surface area contributed by atoms with E-state index in [4.69, 9.17) is 16.3 Å². The normalized spacial score (nSPS) is 9.35. The summed E-state index contributed by atoms with van der Waals surface area (Å²) < 4.78 is 5.18. The summed E-state index contributed by atoms with van der Waals surface area (Å²) >= 11 is 7.13. The summed E-state index contributed by atoms with van der Waals surface area (Å²) in [5.41, 5.74) is 0.810. The molecule has 0 N–H and O–H groups in total. The molecule has 0 aliphatic rings. The summed E-state index contributed by atoms with van der Waals surface area (Å²) in [6.07, 6.45) is 0.677. The van der Waals surface area contributed by atoms with Crippen LogP contribution in [-0.2, 0) is 4.79 Å². The highest BCUT2D eigenvalue weighted by Crippen LogP contribution is 2.22. The lowest BCUT2D eigenvalue weighted by Crippen LogP contribution is -1.88. The van der Waals surface area contributed by atoms with Crippen LogP contribution in [0.2, 0.25) is 5.02 Å². The van der Waals surface area contributed by atoms with Gasteiger partial charge in [0.15, 0.2) is 5.12 Å². The fourth-order valence-corrected chi connectivity index (χ4v) is 1.83. The number of benzene rings is 1. The minimum absolute atomic E-state index is 0.121. The molecule has 0 atom stereocenters. The van der Waals surface area contributed by atoms with Gasteiger partial charge in [-0.05, 0) is 12.1 Å². The van der Waals surface area contributed by atoms with Crippen LogP contribution >= 0.6 is 23.4 Å². The summed E-state index contributed by atoms with van der Waals surface area (Å²) in [4.78, 5) is 10.7. The predicted molar refractivity (Wildman–Crippen MR) is 72.6 cm³/mol. The Balaban J connectivity index is 2.62. The Bertz CT molecular complexity index is 460. The largest absolute Gasteiger partial charge is 0.495 e. The summed E-state index contributed by atoms with van der Waals surface area (Å²) in [6, 6.07) is 5.33. The molecule has 1 aromatic carbocycles. The Hall–Kier alpha value is -1.11. The molecule has 4 heteroatoms. The van der Waals surface area contributed by atoms with Crippen molar-refractivity contribution in [2.75, 3.05) is 12.9 Å². The van der Waals surface area contributed by atoms with Crippen LogP contribution in [0.5, 0.6) is 5.75 Å². The molecule has 0 amide bonds. The molecule has 2 nitrogen and oxygen atoms in total. The predicted octanol–water partition coefficient (Wildman–Crippen LogP) is 3.37. The van der Waals surface area contributed by atoms with E-state index in [2.05, 4.69) is 11.8 Å². The summed E-state index contributed by atoms with van der Waals surface area (Å²) in [5, 5.41) is 0.746. The molecule has 1 rings (SSSR count). The fourth-order valence-electron chi connectivity index (χ4n) is 1.17. The number of ether oxygens (including phenoxy) is 1. The molecule has 0 aliphatic carbocycles. The van der Waals surface area contributed by atoms with Crippen molar-refractivity contribution < 1.29 is 9.53 Å². The van der Waals surface area contributed by atoms with Gasteiger partial charge in [0.2, 0.25) is 0 Å². The molecule has 0 fully saturated rings. The van der Waals surface area contributed by atoms with Gasteiger partial charge in [0.05, 0.1) is 12.7 Å². The van der Waals surface area contributed by atoms with Gasteiger partial charge in [-0.15, -0.1) is 0 Å². The van der Waals surface area contributed by atoms with Crippen LogP contribution in [0.15, 0.2) is 18.2 Å². The molecular weight excluding hydrogens is 256 g/mol. The second-order valence-corrected chi connectivity index (χ2v) is 4.94. The summed E-state index contributed by atoms with van der Waals surface area (Å²) in [6.45, 7) is 1.56. The van der Waals surface area contributed by atoms with E-state index in [0.29, 0.717) is 17.2 Å². The van der Waals surface area contributed by atoms with Gasteiger partial charge in [0.1, 0.15) is 5.75 Å². The molecule has 0 radical (unpaired) electrons. The summed E-state index contributed by atoms with van der Waals surface area (Å²) in [5.74, 6) is 7.40. The van der Waals surface area contributed by atoms with Crippen LogP contribution in [0, 0.1) is 11.8 Å². The zero-order chi connectivity index (χ0) is 12.7. The minimum atomic E-state index is 0.121. The van der Waals surface area contributed by atoms with Gasteiger partial charge >= 0.3 is 0 Å². The molecule has 0 aliphatic heterocycles. The lowest BCUT2D eigenvalue weighted by molar-refractivity contribution is -0.109. The smallest absolute Gasteiger partial charge is 0.185 e. The van der Waals surface area contributed by atoms with Crippen molar-refractivity contribution in [3.05, 3.63) is 28.8 Å². The van der Waals surface area contributed by atoms with E-state index >= 15 is 0 Å². The molecule has 0 spiro atoms. The van der Waals surface area contributed by atoms with Crippen LogP contribution in [-0.4, -0.2) is 18.0 Å². The highest BCUT2D eigenvalue weighted by atomic mass is 35.5. The van der Waals surface area contributed by atoms with Crippen LogP contribution in [0.25, 0.3) is 0 Å². The molecule has 0 saturated heterocycles. The number of hydrogen-bond acceptors (Lipinski definition) is 3. The second-order valence-electron chi connectivity index (χ2n) is 3.24. The van der Waals surface area contributed by atoms with Crippen LogP contribution < -0.4 is 4.74 Å². The van der Waals surface area contributed by atoms with Gasteiger partial charge in [-0.1, -0.05) is 35.2 Å². The maximum atomic E-state index is 10.7. The summed E-state index contributed by atoms with van der Waals surface area (Å²) in [7, 11) is 1.59. The zero-order valence-electron chi connectivity index (χ0n) is 9.75. The standard InChI is InChI=1S/C13H13ClO2S/c1-10(15)17-8-4-3-5-11-6-7-12(14)9-13(11)16-2/h6-7,9H,4,8H2,1-2H3.